The fourth-order valence-electron chi connectivity index (χ4n) is 2.99. The molecule has 3 aromatic rings. The highest BCUT2D eigenvalue weighted by Gasteiger charge is 2.17. The molecular formula is C20H17ClN4O. The van der Waals surface area contributed by atoms with Gasteiger partial charge in [-0.3, -0.25) is 4.79 Å². The molecule has 26 heavy (non-hydrogen) atoms. The van der Waals surface area contributed by atoms with Crippen LogP contribution in [0.25, 0.3) is 11.0 Å². The number of anilines is 1. The fraction of sp³-hybridized carbons (Fsp3) is 0.150. The van der Waals surface area contributed by atoms with Gasteiger partial charge in [-0.15, -0.1) is 0 Å². The summed E-state index contributed by atoms with van der Waals surface area (Å²) in [5, 5.41) is 4.63. The van der Waals surface area contributed by atoms with Gasteiger partial charge in [-0.2, -0.15) is 0 Å². The van der Waals surface area contributed by atoms with Gasteiger partial charge in [0, 0.05) is 35.4 Å². The Balaban J connectivity index is 1.42. The molecule has 0 saturated carbocycles. The molecule has 4 rings (SSSR count). The molecule has 5 nitrogen and oxygen atoms in total. The van der Waals surface area contributed by atoms with E-state index in [0.29, 0.717) is 17.3 Å². The number of fused-ring (bicyclic) bond motifs is 1. The molecule has 0 aliphatic heterocycles. The van der Waals surface area contributed by atoms with E-state index >= 15 is 0 Å². The molecule has 6 heteroatoms. The molecule has 3 aromatic heterocycles. The highest BCUT2D eigenvalue weighted by Crippen LogP contribution is 2.21. The summed E-state index contributed by atoms with van der Waals surface area (Å²) in [4.78, 5) is 24.1. The van der Waals surface area contributed by atoms with Crippen LogP contribution < -0.4 is 5.32 Å². The van der Waals surface area contributed by atoms with E-state index in [-0.39, 0.29) is 11.8 Å². The average Bonchev–Trinajstić information content (AvgIpc) is 3.07. The third kappa shape index (κ3) is 3.53. The SMILES string of the molecule is O=C(Nc1ccc(Cc2c[nH]c3ncccc23)cn1)C1C=CC(Cl)=CC1. The molecule has 2 N–H and O–H groups in total. The lowest BCUT2D eigenvalue weighted by Gasteiger charge is -2.14. The van der Waals surface area contributed by atoms with Crippen LogP contribution in [-0.2, 0) is 11.2 Å². The van der Waals surface area contributed by atoms with Crippen molar-refractivity contribution in [2.45, 2.75) is 12.8 Å². The van der Waals surface area contributed by atoms with Crippen molar-refractivity contribution >= 4 is 34.4 Å². The molecule has 1 aliphatic carbocycles. The number of aromatic amines is 1. The number of allylic oxidation sites excluding steroid dienone is 3. The number of aromatic nitrogens is 3. The van der Waals surface area contributed by atoms with Crippen LogP contribution in [-0.4, -0.2) is 20.9 Å². The van der Waals surface area contributed by atoms with Crippen LogP contribution in [0.5, 0.6) is 0 Å². The summed E-state index contributed by atoms with van der Waals surface area (Å²) >= 11 is 5.88. The predicted molar refractivity (Wildman–Crippen MR) is 103 cm³/mol. The number of nitrogens with one attached hydrogen (secondary N) is 2. The smallest absolute Gasteiger partial charge is 0.232 e. The van der Waals surface area contributed by atoms with Crippen LogP contribution in [0, 0.1) is 5.92 Å². The highest BCUT2D eigenvalue weighted by molar-refractivity contribution is 6.31. The van der Waals surface area contributed by atoms with Gasteiger partial charge in [-0.25, -0.2) is 9.97 Å². The number of halogens is 1. The van der Waals surface area contributed by atoms with E-state index in [4.69, 9.17) is 11.6 Å². The zero-order valence-corrected chi connectivity index (χ0v) is 14.7. The van der Waals surface area contributed by atoms with E-state index in [2.05, 4.69) is 26.3 Å². The lowest BCUT2D eigenvalue weighted by atomic mass is 10.00. The van der Waals surface area contributed by atoms with Crippen LogP contribution in [0.1, 0.15) is 17.5 Å². The summed E-state index contributed by atoms with van der Waals surface area (Å²) in [6.07, 6.45) is 12.3. The molecule has 3 heterocycles. The number of nitrogens with zero attached hydrogens (tertiary/aromatic N) is 2. The first-order chi connectivity index (χ1) is 12.7. The largest absolute Gasteiger partial charge is 0.346 e. The predicted octanol–water partition coefficient (Wildman–Crippen LogP) is 4.19. The number of carbonyl (C=O) groups is 1. The normalized spacial score (nSPS) is 16.5. The summed E-state index contributed by atoms with van der Waals surface area (Å²) in [5.41, 5.74) is 3.12. The Hall–Kier alpha value is -2.92. The first kappa shape index (κ1) is 16.5. The number of hydrogen-bond acceptors (Lipinski definition) is 3. The van der Waals surface area contributed by atoms with Gasteiger partial charge in [0.1, 0.15) is 11.5 Å². The molecule has 1 unspecified atom stereocenters. The Morgan fingerprint density at radius 2 is 2.23 bits per heavy atom. The van der Waals surface area contributed by atoms with Crippen molar-refractivity contribution in [1.82, 2.24) is 15.0 Å². The topological polar surface area (TPSA) is 70.7 Å². The van der Waals surface area contributed by atoms with E-state index in [1.54, 1.807) is 18.5 Å². The Labute approximate surface area is 155 Å². The number of amides is 1. The van der Waals surface area contributed by atoms with E-state index < -0.39 is 0 Å². The maximum Gasteiger partial charge on any atom is 0.232 e. The standard InChI is InChI=1S/C20H17ClN4O/c21-16-6-4-14(5-7-16)20(26)25-18-8-3-13(11-23-18)10-15-12-24-19-17(15)2-1-9-22-19/h1-4,6-9,11-12,14H,5,10H2,(H,22,24)(H,23,25,26). The van der Waals surface area contributed by atoms with Crippen LogP contribution >= 0.6 is 11.6 Å². The van der Waals surface area contributed by atoms with Gasteiger partial charge in [0.15, 0.2) is 0 Å². The van der Waals surface area contributed by atoms with E-state index in [0.717, 1.165) is 23.0 Å². The Morgan fingerprint density at radius 1 is 1.31 bits per heavy atom. The lowest BCUT2D eigenvalue weighted by Crippen LogP contribution is -2.22. The zero-order valence-electron chi connectivity index (χ0n) is 13.9. The summed E-state index contributed by atoms with van der Waals surface area (Å²) in [6.45, 7) is 0. The van der Waals surface area contributed by atoms with Crippen LogP contribution in [0.2, 0.25) is 0 Å². The van der Waals surface area contributed by atoms with Crippen molar-refractivity contribution in [2.75, 3.05) is 5.32 Å². The molecule has 0 fully saturated rings. The van der Waals surface area contributed by atoms with Crippen molar-refractivity contribution in [1.29, 1.82) is 0 Å². The number of H-pyrrole nitrogens is 1. The van der Waals surface area contributed by atoms with Crippen molar-refractivity contribution in [2.24, 2.45) is 5.92 Å². The third-order valence-electron chi connectivity index (χ3n) is 4.40. The minimum absolute atomic E-state index is 0.0791. The lowest BCUT2D eigenvalue weighted by molar-refractivity contribution is -0.118. The molecule has 130 valence electrons. The molecular weight excluding hydrogens is 348 g/mol. The summed E-state index contributed by atoms with van der Waals surface area (Å²) in [7, 11) is 0. The zero-order chi connectivity index (χ0) is 17.9. The van der Waals surface area contributed by atoms with Gasteiger partial charge in [0.25, 0.3) is 0 Å². The molecule has 0 spiro atoms. The van der Waals surface area contributed by atoms with Crippen LogP contribution in [0.3, 0.4) is 0 Å². The quantitative estimate of drug-likeness (QED) is 0.729. The summed E-state index contributed by atoms with van der Waals surface area (Å²) in [5.74, 6) is 0.260. The van der Waals surface area contributed by atoms with Gasteiger partial charge >= 0.3 is 0 Å². The highest BCUT2D eigenvalue weighted by atomic mass is 35.5. The average molecular weight is 365 g/mol. The second kappa shape index (κ2) is 7.14. The third-order valence-corrected chi connectivity index (χ3v) is 4.68. The first-order valence-electron chi connectivity index (χ1n) is 8.40. The molecule has 0 aromatic carbocycles. The van der Waals surface area contributed by atoms with E-state index in [1.165, 1.54) is 5.56 Å². The number of pyridine rings is 2. The monoisotopic (exact) mass is 364 g/mol. The molecule has 0 bridgehead atoms. The summed E-state index contributed by atoms with van der Waals surface area (Å²) in [6, 6.07) is 7.79. The first-order valence-corrected chi connectivity index (χ1v) is 8.77. The van der Waals surface area contributed by atoms with Crippen molar-refractivity contribution in [3.8, 4) is 0 Å². The van der Waals surface area contributed by atoms with Gasteiger partial charge in [-0.1, -0.05) is 29.8 Å². The van der Waals surface area contributed by atoms with Gasteiger partial charge in [0.2, 0.25) is 5.91 Å². The van der Waals surface area contributed by atoms with Gasteiger partial charge < -0.3 is 10.3 Å². The molecule has 1 atom stereocenters. The molecule has 1 amide bonds. The Morgan fingerprint density at radius 3 is 3.00 bits per heavy atom. The Kier molecular flexibility index (Phi) is 4.54. The maximum absolute atomic E-state index is 12.3. The van der Waals surface area contributed by atoms with E-state index in [9.17, 15) is 4.79 Å². The van der Waals surface area contributed by atoms with Crippen molar-refractivity contribution in [3.63, 3.8) is 0 Å². The van der Waals surface area contributed by atoms with E-state index in [1.807, 2.05) is 36.5 Å². The molecule has 0 saturated heterocycles. The van der Waals surface area contributed by atoms with Gasteiger partial charge in [-0.05, 0) is 41.8 Å². The van der Waals surface area contributed by atoms with Crippen molar-refractivity contribution < 1.29 is 4.79 Å². The summed E-state index contributed by atoms with van der Waals surface area (Å²) < 4.78 is 0. The van der Waals surface area contributed by atoms with Crippen molar-refractivity contribution in [3.05, 3.63) is 77.2 Å². The maximum atomic E-state index is 12.3. The number of rotatable bonds is 4. The number of carbonyl (C=O) groups excluding carboxylic acids is 1. The van der Waals surface area contributed by atoms with Gasteiger partial charge in [0.05, 0.1) is 5.92 Å². The minimum Gasteiger partial charge on any atom is -0.346 e. The van der Waals surface area contributed by atoms with Crippen LogP contribution in [0.15, 0.2) is 66.1 Å². The molecule has 1 aliphatic rings. The van der Waals surface area contributed by atoms with Crippen LogP contribution in [0.4, 0.5) is 5.82 Å². The second-order valence-electron chi connectivity index (χ2n) is 6.22. The molecule has 0 radical (unpaired) electrons. The second-order valence-corrected chi connectivity index (χ2v) is 6.66. The fourth-order valence-corrected chi connectivity index (χ4v) is 3.15. The number of hydrogen-bond donors (Lipinski definition) is 2. The Bertz CT molecular complexity index is 1000. The minimum atomic E-state index is -0.210.